The molecule has 0 unspecified atom stereocenters. The maximum atomic E-state index is 14.3. The Morgan fingerprint density at radius 3 is 1.47 bits per heavy atom. The van der Waals surface area contributed by atoms with Crippen molar-refractivity contribution in [3.63, 3.8) is 0 Å². The van der Waals surface area contributed by atoms with Gasteiger partial charge in [0.05, 0.1) is 83.9 Å². The molecule has 2 fully saturated rings. The van der Waals surface area contributed by atoms with Gasteiger partial charge in [0.15, 0.2) is 0 Å². The molecule has 4 N–H and O–H groups in total. The fourth-order valence-corrected chi connectivity index (χ4v) is 8.31. The smallest absolute Gasteiger partial charge is 0.140 e. The van der Waals surface area contributed by atoms with Crippen LogP contribution in [0.1, 0.15) is 12.8 Å². The summed E-state index contributed by atoms with van der Waals surface area (Å²) in [6.45, 7) is 4.02. The minimum atomic E-state index is -1.04. The lowest BCUT2D eigenvalue weighted by Gasteiger charge is -2.34. The molecule has 2 aliphatic rings. The molecule has 6 aromatic heterocycles. The Morgan fingerprint density at radius 2 is 1.05 bits per heavy atom. The highest BCUT2D eigenvalue weighted by Gasteiger charge is 2.29. The first kappa shape index (κ1) is 42.8. The molecule has 0 saturated carbocycles. The Labute approximate surface area is 369 Å². The number of imidazole rings is 2. The summed E-state index contributed by atoms with van der Waals surface area (Å²) in [6.07, 6.45) is 6.64. The number of benzene rings is 2. The van der Waals surface area contributed by atoms with Crippen LogP contribution in [0, 0.1) is 0 Å². The molecule has 0 radical (unpaired) electrons. The number of nitrogens with two attached hydrogens (primary N) is 2. The molecule has 64 heavy (non-hydrogen) atoms. The summed E-state index contributed by atoms with van der Waals surface area (Å²) < 4.78 is 54.0. The lowest BCUT2D eigenvalue weighted by molar-refractivity contribution is 0.146. The van der Waals surface area contributed by atoms with E-state index in [1.54, 1.807) is 14.2 Å². The van der Waals surface area contributed by atoms with Crippen molar-refractivity contribution >= 4 is 44.5 Å². The first-order valence-corrected chi connectivity index (χ1v) is 21.5. The second kappa shape index (κ2) is 19.1. The maximum absolute atomic E-state index is 14.3. The molecule has 0 aliphatic carbocycles. The van der Waals surface area contributed by atoms with Crippen molar-refractivity contribution < 1.29 is 27.7 Å². The van der Waals surface area contributed by atoms with Gasteiger partial charge < -0.3 is 40.2 Å². The van der Waals surface area contributed by atoms with E-state index in [-0.39, 0.29) is 13.1 Å². The minimum Gasteiger partial charge on any atom is -0.491 e. The van der Waals surface area contributed by atoms with Crippen molar-refractivity contribution in [3.05, 3.63) is 110 Å². The third-order valence-corrected chi connectivity index (χ3v) is 11.9. The Morgan fingerprint density at radius 1 is 0.594 bits per heavy atom. The third kappa shape index (κ3) is 8.99. The highest BCUT2D eigenvalue weighted by atomic mass is 19.1. The van der Waals surface area contributed by atoms with Crippen LogP contribution < -0.4 is 30.7 Å². The van der Waals surface area contributed by atoms with Crippen LogP contribution in [-0.4, -0.2) is 120 Å². The second-order valence-electron chi connectivity index (χ2n) is 16.1. The number of alkyl halides is 2. The van der Waals surface area contributed by atoms with E-state index < -0.39 is 24.4 Å². The van der Waals surface area contributed by atoms with E-state index in [1.165, 1.54) is 0 Å². The standard InChI is InChI=1S/2C24H26FN5O2/c2*1-31-11-12-32-17-7-10-30-22(14-27-23(30)13-17)20-6-5-16-3-2-4-21(24(16)28-20)29-9-8-19(26)18(25)15-29/h2*2-7,10,13-14,18-19H,8-9,11-12,15,26H2,1H3/t2*18-,19+/m10/s1. The predicted molar refractivity (Wildman–Crippen MR) is 246 cm³/mol. The Bertz CT molecular complexity index is 2680. The number of para-hydroxylation sites is 2. The Hall–Kier alpha value is -6.46. The molecule has 2 saturated heterocycles. The molecular weight excluding hydrogens is 819 g/mol. The van der Waals surface area contributed by atoms with Crippen molar-refractivity contribution in [2.75, 3.05) is 76.6 Å². The topological polar surface area (TPSA) is 156 Å². The molecule has 0 bridgehead atoms. The molecule has 2 aromatic carbocycles. The average molecular weight is 871 g/mol. The van der Waals surface area contributed by atoms with Crippen LogP contribution in [0.5, 0.6) is 11.5 Å². The van der Waals surface area contributed by atoms with Crippen LogP contribution in [0.4, 0.5) is 20.2 Å². The summed E-state index contributed by atoms with van der Waals surface area (Å²) in [5.74, 6) is 1.48. The molecule has 332 valence electrons. The van der Waals surface area contributed by atoms with Crippen LogP contribution in [0.15, 0.2) is 110 Å². The summed E-state index contributed by atoms with van der Waals surface area (Å²) in [4.78, 5) is 23.1. The molecule has 14 nitrogen and oxygen atoms in total. The van der Waals surface area contributed by atoms with Gasteiger partial charge >= 0.3 is 0 Å². The summed E-state index contributed by atoms with van der Waals surface area (Å²) in [5, 5.41) is 2.03. The number of nitrogens with zero attached hydrogens (tertiary/aromatic N) is 8. The average Bonchev–Trinajstić information content (AvgIpc) is 3.95. The number of halogens is 2. The number of piperidine rings is 2. The number of pyridine rings is 4. The van der Waals surface area contributed by atoms with Gasteiger partial charge in [0.25, 0.3) is 0 Å². The lowest BCUT2D eigenvalue weighted by Crippen LogP contribution is -2.48. The predicted octanol–water partition coefficient (Wildman–Crippen LogP) is 6.90. The number of ether oxygens (including phenoxy) is 4. The van der Waals surface area contributed by atoms with E-state index in [4.69, 9.17) is 40.4 Å². The van der Waals surface area contributed by atoms with Crippen LogP contribution in [0.3, 0.4) is 0 Å². The molecule has 10 rings (SSSR count). The van der Waals surface area contributed by atoms with Crippen molar-refractivity contribution in [1.29, 1.82) is 0 Å². The molecule has 0 spiro atoms. The quantitative estimate of drug-likeness (QED) is 0.123. The zero-order valence-corrected chi connectivity index (χ0v) is 35.9. The highest BCUT2D eigenvalue weighted by molar-refractivity contribution is 5.93. The minimum absolute atomic E-state index is 0.285. The maximum Gasteiger partial charge on any atom is 0.140 e. The first-order valence-electron chi connectivity index (χ1n) is 21.5. The lowest BCUT2D eigenvalue weighted by atomic mass is 10.0. The van der Waals surface area contributed by atoms with Gasteiger partial charge in [0, 0.05) is 74.7 Å². The third-order valence-electron chi connectivity index (χ3n) is 11.9. The number of hydrogen-bond acceptors (Lipinski definition) is 12. The van der Waals surface area contributed by atoms with Gasteiger partial charge in [-0.2, -0.15) is 0 Å². The molecule has 2 aliphatic heterocycles. The van der Waals surface area contributed by atoms with Gasteiger partial charge in [0.1, 0.15) is 48.4 Å². The summed E-state index contributed by atoms with van der Waals surface area (Å²) >= 11 is 0. The van der Waals surface area contributed by atoms with Gasteiger partial charge in [-0.05, 0) is 49.2 Å². The molecule has 8 heterocycles. The van der Waals surface area contributed by atoms with E-state index >= 15 is 0 Å². The van der Waals surface area contributed by atoms with E-state index in [1.807, 2.05) is 128 Å². The molecule has 0 amide bonds. The van der Waals surface area contributed by atoms with Gasteiger partial charge in [-0.3, -0.25) is 8.80 Å². The monoisotopic (exact) mass is 870 g/mol. The van der Waals surface area contributed by atoms with E-state index in [9.17, 15) is 8.78 Å². The first-order chi connectivity index (χ1) is 31.3. The number of fused-ring (bicyclic) bond motifs is 4. The number of hydrogen-bond donors (Lipinski definition) is 2. The van der Waals surface area contributed by atoms with Crippen molar-refractivity contribution in [2.24, 2.45) is 11.5 Å². The number of anilines is 2. The Kier molecular flexibility index (Phi) is 12.8. The van der Waals surface area contributed by atoms with Gasteiger partial charge in [-0.1, -0.05) is 36.4 Å². The number of methoxy groups -OCH3 is 2. The zero-order chi connectivity index (χ0) is 44.2. The van der Waals surface area contributed by atoms with E-state index in [0.717, 1.165) is 78.7 Å². The summed E-state index contributed by atoms with van der Waals surface area (Å²) in [6, 6.07) is 26.9. The highest BCUT2D eigenvalue weighted by Crippen LogP contribution is 2.33. The van der Waals surface area contributed by atoms with Crippen molar-refractivity contribution in [3.8, 4) is 34.3 Å². The fourth-order valence-electron chi connectivity index (χ4n) is 8.31. The van der Waals surface area contributed by atoms with Crippen LogP contribution in [0.2, 0.25) is 0 Å². The number of rotatable bonds is 12. The SMILES string of the molecule is COCCOc1ccn2c(-c3ccc4cccc(N5CC[C@@H](N)[C@@H](F)C5)c4n3)cnc2c1.COCCOc1ccn2c(-c3ccc4cccc(N5CC[C@H](N)[C@H](F)C5)c4n3)cnc2c1. The largest absolute Gasteiger partial charge is 0.491 e. The van der Waals surface area contributed by atoms with Crippen molar-refractivity contribution in [1.82, 2.24) is 28.7 Å². The number of aromatic nitrogens is 6. The summed E-state index contributed by atoms with van der Waals surface area (Å²) in [7, 11) is 3.29. The van der Waals surface area contributed by atoms with Gasteiger partial charge in [-0.15, -0.1) is 0 Å². The van der Waals surface area contributed by atoms with Crippen LogP contribution in [0.25, 0.3) is 55.9 Å². The Balaban J connectivity index is 0.000000162. The normalized spacial score (nSPS) is 19.0. The molecular formula is C48H52F2N10O4. The molecule has 4 atom stereocenters. The molecule has 16 heteroatoms. The van der Waals surface area contributed by atoms with Gasteiger partial charge in [0.2, 0.25) is 0 Å². The van der Waals surface area contributed by atoms with E-state index in [0.29, 0.717) is 52.4 Å². The van der Waals surface area contributed by atoms with Crippen molar-refractivity contribution in [2.45, 2.75) is 37.3 Å². The van der Waals surface area contributed by atoms with Gasteiger partial charge in [-0.25, -0.2) is 28.7 Å². The molecule has 8 aromatic rings. The van der Waals surface area contributed by atoms with E-state index in [2.05, 4.69) is 9.97 Å². The summed E-state index contributed by atoms with van der Waals surface area (Å²) in [5.41, 5.74) is 20.2. The van der Waals surface area contributed by atoms with Crippen LogP contribution in [-0.2, 0) is 9.47 Å². The fraction of sp³-hybridized carbons (Fsp3) is 0.333. The van der Waals surface area contributed by atoms with Crippen LogP contribution >= 0.6 is 0 Å². The second-order valence-corrected chi connectivity index (χ2v) is 16.1. The zero-order valence-electron chi connectivity index (χ0n) is 35.9.